The summed E-state index contributed by atoms with van der Waals surface area (Å²) >= 11 is 6.03. The summed E-state index contributed by atoms with van der Waals surface area (Å²) in [6.07, 6.45) is 0.422. The predicted molar refractivity (Wildman–Crippen MR) is 161 cm³/mol. The molecule has 12 heteroatoms. The van der Waals surface area contributed by atoms with E-state index in [-0.39, 0.29) is 12.2 Å². The van der Waals surface area contributed by atoms with Crippen LogP contribution >= 0.6 is 11.6 Å². The molecule has 0 radical (unpaired) electrons. The minimum atomic E-state index is -1.13. The van der Waals surface area contributed by atoms with E-state index in [2.05, 4.69) is 21.2 Å². The third kappa shape index (κ3) is 8.63. The van der Waals surface area contributed by atoms with Crippen molar-refractivity contribution >= 4 is 29.8 Å². The van der Waals surface area contributed by atoms with Gasteiger partial charge in [-0.05, 0) is 66.9 Å². The first kappa shape index (κ1) is 31.2. The van der Waals surface area contributed by atoms with Crippen LogP contribution in [0.4, 0.5) is 4.79 Å². The summed E-state index contributed by atoms with van der Waals surface area (Å²) in [4.78, 5) is 24.6. The Morgan fingerprint density at radius 3 is 2.67 bits per heavy atom. The Hall–Kier alpha value is -4.74. The zero-order valence-corrected chi connectivity index (χ0v) is 24.7. The van der Waals surface area contributed by atoms with Crippen LogP contribution in [0.1, 0.15) is 36.6 Å². The van der Waals surface area contributed by atoms with Crippen molar-refractivity contribution in [2.24, 2.45) is 5.10 Å². The van der Waals surface area contributed by atoms with Crippen molar-refractivity contribution in [1.29, 1.82) is 0 Å². The Kier molecular flexibility index (Phi) is 10.8. The first-order valence-corrected chi connectivity index (χ1v) is 13.8. The van der Waals surface area contributed by atoms with Crippen molar-refractivity contribution in [3.05, 3.63) is 99.7 Å². The number of nitrogens with one attached hydrogen (secondary N) is 3. The average Bonchev–Trinajstić information content (AvgIpc) is 2.99. The highest BCUT2D eigenvalue weighted by Crippen LogP contribution is 2.35. The number of hydrogen-bond donors (Lipinski definition) is 4. The van der Waals surface area contributed by atoms with Gasteiger partial charge in [0, 0.05) is 10.7 Å². The standard InChI is InChI=1S/C31H33ClN4O7/c1-4-41-26-15-22(29-28(30(38)40-3)19(2)34-31(39)35-29)11-12-25(26)43-18-27(37)36-33-16-20-7-6-10-24(14-20)42-17-21-8-5-9-23(32)13-21/h5-16,27,29,36-37H,4,17-18H2,1-3H3,(H2,34,35,39)/b33-16+/t27-,29+/m1/s1. The number of amides is 2. The van der Waals surface area contributed by atoms with Crippen molar-refractivity contribution in [3.8, 4) is 17.2 Å². The number of methoxy groups -OCH3 is 1. The van der Waals surface area contributed by atoms with E-state index in [9.17, 15) is 14.7 Å². The van der Waals surface area contributed by atoms with Crippen molar-refractivity contribution in [3.63, 3.8) is 0 Å². The van der Waals surface area contributed by atoms with Gasteiger partial charge in [-0.2, -0.15) is 5.10 Å². The molecule has 0 aromatic heterocycles. The molecule has 3 aromatic carbocycles. The van der Waals surface area contributed by atoms with Crippen LogP contribution in [0.5, 0.6) is 17.2 Å². The molecule has 0 saturated heterocycles. The van der Waals surface area contributed by atoms with Crippen molar-refractivity contribution in [2.45, 2.75) is 32.7 Å². The van der Waals surface area contributed by atoms with Crippen LogP contribution in [0.2, 0.25) is 5.02 Å². The molecule has 2 amide bonds. The second-order valence-corrected chi connectivity index (χ2v) is 9.84. The molecule has 0 unspecified atom stereocenters. The number of halogens is 1. The zero-order valence-electron chi connectivity index (χ0n) is 23.9. The molecule has 226 valence electrons. The quantitative estimate of drug-likeness (QED) is 0.0967. The summed E-state index contributed by atoms with van der Waals surface area (Å²) in [6, 6.07) is 18.6. The number of hydrogen-bond acceptors (Lipinski definition) is 9. The minimum Gasteiger partial charge on any atom is -0.490 e. The lowest BCUT2D eigenvalue weighted by molar-refractivity contribution is -0.136. The molecule has 0 saturated carbocycles. The monoisotopic (exact) mass is 608 g/mol. The van der Waals surface area contributed by atoms with Crippen molar-refractivity contribution in [1.82, 2.24) is 16.1 Å². The Bertz CT molecular complexity index is 1510. The molecule has 0 aliphatic carbocycles. The first-order chi connectivity index (χ1) is 20.8. The molecule has 1 heterocycles. The fourth-order valence-corrected chi connectivity index (χ4v) is 4.51. The number of allylic oxidation sites excluding steroid dienone is 1. The maximum atomic E-state index is 12.4. The van der Waals surface area contributed by atoms with Gasteiger partial charge in [-0.3, -0.25) is 5.43 Å². The van der Waals surface area contributed by atoms with E-state index in [0.29, 0.717) is 46.7 Å². The van der Waals surface area contributed by atoms with Crippen LogP contribution in [0, 0.1) is 0 Å². The van der Waals surface area contributed by atoms with Gasteiger partial charge in [0.1, 0.15) is 19.0 Å². The summed E-state index contributed by atoms with van der Waals surface area (Å²) in [7, 11) is 1.28. The summed E-state index contributed by atoms with van der Waals surface area (Å²) in [6.45, 7) is 4.01. The number of hydrazone groups is 1. The molecule has 0 bridgehead atoms. The minimum absolute atomic E-state index is 0.143. The second kappa shape index (κ2) is 14.9. The fraction of sp³-hybridized carbons (Fsp3) is 0.258. The second-order valence-electron chi connectivity index (χ2n) is 9.41. The smallest absolute Gasteiger partial charge is 0.337 e. The molecule has 3 aromatic rings. The number of ether oxygens (including phenoxy) is 4. The van der Waals surface area contributed by atoms with E-state index >= 15 is 0 Å². The molecular formula is C31H33ClN4O7. The Morgan fingerprint density at radius 1 is 1.09 bits per heavy atom. The fourth-order valence-electron chi connectivity index (χ4n) is 4.30. The Labute approximate surface area is 254 Å². The van der Waals surface area contributed by atoms with Crippen LogP contribution in [-0.4, -0.2) is 49.9 Å². The molecule has 0 spiro atoms. The highest BCUT2D eigenvalue weighted by Gasteiger charge is 2.32. The Morgan fingerprint density at radius 2 is 1.91 bits per heavy atom. The van der Waals surface area contributed by atoms with Crippen molar-refractivity contribution in [2.75, 3.05) is 20.3 Å². The van der Waals surface area contributed by atoms with Gasteiger partial charge in [-0.25, -0.2) is 9.59 Å². The molecule has 11 nitrogen and oxygen atoms in total. The summed E-state index contributed by atoms with van der Waals surface area (Å²) < 4.78 is 22.3. The number of carbonyl (C=O) groups is 2. The highest BCUT2D eigenvalue weighted by molar-refractivity contribution is 6.30. The van der Waals surface area contributed by atoms with Crippen LogP contribution in [-0.2, 0) is 16.1 Å². The number of aliphatic hydroxyl groups is 1. The van der Waals surface area contributed by atoms with E-state index in [1.165, 1.54) is 7.11 Å². The molecule has 1 aliphatic heterocycles. The molecule has 4 N–H and O–H groups in total. The van der Waals surface area contributed by atoms with E-state index in [1.54, 1.807) is 31.3 Å². The summed E-state index contributed by atoms with van der Waals surface area (Å²) in [5, 5.41) is 20.5. The van der Waals surface area contributed by atoms with Gasteiger partial charge in [-0.15, -0.1) is 0 Å². The number of nitrogens with zero attached hydrogens (tertiary/aromatic N) is 1. The molecule has 0 fully saturated rings. The third-order valence-corrected chi connectivity index (χ3v) is 6.50. The van der Waals surface area contributed by atoms with Gasteiger partial charge in [0.15, 0.2) is 17.7 Å². The SMILES string of the molecule is CCOc1cc([C@@H]2NC(=O)NC(C)=C2C(=O)OC)ccc1OC[C@@H](O)N/N=C/c1cccc(OCc2cccc(Cl)c2)c1. The third-order valence-electron chi connectivity index (χ3n) is 6.26. The molecule has 1 aliphatic rings. The van der Waals surface area contributed by atoms with Crippen molar-refractivity contribution < 1.29 is 33.6 Å². The van der Waals surface area contributed by atoms with Gasteiger partial charge >= 0.3 is 12.0 Å². The highest BCUT2D eigenvalue weighted by atomic mass is 35.5. The Balaban J connectivity index is 1.35. The van der Waals surface area contributed by atoms with Gasteiger partial charge in [0.2, 0.25) is 0 Å². The maximum Gasteiger partial charge on any atom is 0.337 e. The van der Waals surface area contributed by atoms with Gasteiger partial charge in [0.05, 0.1) is 31.5 Å². The predicted octanol–water partition coefficient (Wildman–Crippen LogP) is 4.44. The van der Waals surface area contributed by atoms with E-state index in [0.717, 1.165) is 11.1 Å². The van der Waals surface area contributed by atoms with Gasteiger partial charge < -0.3 is 34.7 Å². The first-order valence-electron chi connectivity index (χ1n) is 13.5. The lowest BCUT2D eigenvalue weighted by Crippen LogP contribution is -2.45. The molecular weight excluding hydrogens is 576 g/mol. The number of aliphatic hydroxyl groups excluding tert-OH is 1. The molecule has 2 atom stereocenters. The summed E-state index contributed by atoms with van der Waals surface area (Å²) in [5.41, 5.74) is 5.60. The van der Waals surface area contributed by atoms with Crippen LogP contribution in [0.15, 0.2) is 83.1 Å². The topological polar surface area (TPSA) is 140 Å². The van der Waals surface area contributed by atoms with Crippen LogP contribution in [0.25, 0.3) is 0 Å². The maximum absolute atomic E-state index is 12.4. The van der Waals surface area contributed by atoms with Gasteiger partial charge in [-0.1, -0.05) is 41.9 Å². The molecule has 4 rings (SSSR count). The largest absolute Gasteiger partial charge is 0.490 e. The summed E-state index contributed by atoms with van der Waals surface area (Å²) in [5.74, 6) is 0.827. The lowest BCUT2D eigenvalue weighted by atomic mass is 9.95. The van der Waals surface area contributed by atoms with Crippen LogP contribution in [0.3, 0.4) is 0 Å². The number of benzene rings is 3. The lowest BCUT2D eigenvalue weighted by Gasteiger charge is -2.28. The molecule has 43 heavy (non-hydrogen) atoms. The average molecular weight is 609 g/mol. The number of carbonyl (C=O) groups excluding carboxylic acids is 2. The van der Waals surface area contributed by atoms with E-state index in [4.69, 9.17) is 30.5 Å². The number of urea groups is 1. The zero-order chi connectivity index (χ0) is 30.8. The van der Waals surface area contributed by atoms with E-state index < -0.39 is 24.3 Å². The van der Waals surface area contributed by atoms with Crippen LogP contribution < -0.4 is 30.3 Å². The van der Waals surface area contributed by atoms with E-state index in [1.807, 2.05) is 55.5 Å². The normalized spacial score (nSPS) is 15.4. The number of esters is 1. The number of rotatable bonds is 13. The van der Waals surface area contributed by atoms with Gasteiger partial charge in [0.25, 0.3) is 0 Å².